The number of non-ortho nitro benzene ring substituents is 1. The van der Waals surface area contributed by atoms with Crippen LogP contribution in [-0.4, -0.2) is 41.9 Å². The summed E-state index contributed by atoms with van der Waals surface area (Å²) >= 11 is 0. The lowest BCUT2D eigenvalue weighted by Crippen LogP contribution is -2.36. The number of nitro benzene ring substituents is 1. The molecule has 0 saturated heterocycles. The molecule has 0 heterocycles. The number of benzene rings is 1. The highest BCUT2D eigenvalue weighted by molar-refractivity contribution is 7.89. The number of rotatable bonds is 6. The molecule has 7 nitrogen and oxygen atoms in total. The molecule has 0 unspecified atom stereocenters. The van der Waals surface area contributed by atoms with Gasteiger partial charge in [-0.05, 0) is 18.9 Å². The van der Waals surface area contributed by atoms with Crippen molar-refractivity contribution in [3.8, 4) is 0 Å². The van der Waals surface area contributed by atoms with Crippen molar-refractivity contribution in [2.45, 2.75) is 23.8 Å². The first kappa shape index (κ1) is 14.8. The van der Waals surface area contributed by atoms with Crippen molar-refractivity contribution in [1.82, 2.24) is 4.31 Å². The van der Waals surface area contributed by atoms with E-state index in [0.29, 0.717) is 18.9 Å². The van der Waals surface area contributed by atoms with E-state index in [1.807, 2.05) is 0 Å². The molecule has 0 amide bonds. The van der Waals surface area contributed by atoms with Crippen LogP contribution in [0.4, 0.5) is 10.1 Å². The molecule has 2 rings (SSSR count). The second kappa shape index (κ2) is 5.43. The topological polar surface area (TPSA) is 101 Å². The number of aliphatic hydroxyl groups is 1. The standard InChI is InChI=1S/C11H13FN2O5S/c12-10-4-3-9(14(16)17)7-11(10)20(18,19)13(5-6-15)8-1-2-8/h3-4,7-8,15H,1-2,5-6H2. The fraction of sp³-hybridized carbons (Fsp3) is 0.455. The molecule has 1 aliphatic carbocycles. The first-order chi connectivity index (χ1) is 9.37. The Morgan fingerprint density at radius 1 is 1.45 bits per heavy atom. The molecule has 1 N–H and O–H groups in total. The fourth-order valence-corrected chi connectivity index (χ4v) is 3.65. The zero-order valence-electron chi connectivity index (χ0n) is 10.4. The molecule has 1 saturated carbocycles. The van der Waals surface area contributed by atoms with Gasteiger partial charge in [-0.3, -0.25) is 10.1 Å². The third-order valence-corrected chi connectivity index (χ3v) is 4.95. The monoisotopic (exact) mass is 304 g/mol. The summed E-state index contributed by atoms with van der Waals surface area (Å²) in [6.45, 7) is -0.554. The lowest BCUT2D eigenvalue weighted by atomic mass is 10.3. The molecule has 20 heavy (non-hydrogen) atoms. The first-order valence-electron chi connectivity index (χ1n) is 5.94. The van der Waals surface area contributed by atoms with Gasteiger partial charge in [0.15, 0.2) is 0 Å². The van der Waals surface area contributed by atoms with Crippen molar-refractivity contribution in [2.75, 3.05) is 13.2 Å². The molecule has 0 spiro atoms. The Balaban J connectivity index is 2.47. The van der Waals surface area contributed by atoms with Crippen LogP contribution in [0.1, 0.15) is 12.8 Å². The van der Waals surface area contributed by atoms with Gasteiger partial charge in [0.1, 0.15) is 10.7 Å². The normalized spacial score (nSPS) is 15.6. The van der Waals surface area contributed by atoms with Crippen LogP contribution in [0.15, 0.2) is 23.1 Å². The number of hydrogen-bond acceptors (Lipinski definition) is 5. The van der Waals surface area contributed by atoms with E-state index in [0.717, 1.165) is 16.4 Å². The third-order valence-electron chi connectivity index (χ3n) is 2.99. The Labute approximate surface area is 114 Å². The lowest BCUT2D eigenvalue weighted by Gasteiger charge is -2.20. The minimum Gasteiger partial charge on any atom is -0.395 e. The van der Waals surface area contributed by atoms with Crippen molar-refractivity contribution < 1.29 is 22.8 Å². The number of hydrogen-bond donors (Lipinski definition) is 1. The van der Waals surface area contributed by atoms with Gasteiger partial charge in [0.2, 0.25) is 10.0 Å². The molecule has 0 aliphatic heterocycles. The van der Waals surface area contributed by atoms with E-state index in [1.54, 1.807) is 0 Å². The van der Waals surface area contributed by atoms with Gasteiger partial charge < -0.3 is 5.11 Å². The van der Waals surface area contributed by atoms with Gasteiger partial charge in [-0.25, -0.2) is 12.8 Å². The summed E-state index contributed by atoms with van der Waals surface area (Å²) in [6.07, 6.45) is 1.27. The van der Waals surface area contributed by atoms with Crippen molar-refractivity contribution in [3.05, 3.63) is 34.1 Å². The molecule has 0 bridgehead atoms. The summed E-state index contributed by atoms with van der Waals surface area (Å²) in [7, 11) is -4.19. The molecule has 9 heteroatoms. The van der Waals surface area contributed by atoms with Crippen LogP contribution in [0.2, 0.25) is 0 Å². The van der Waals surface area contributed by atoms with E-state index in [-0.39, 0.29) is 12.6 Å². The Kier molecular flexibility index (Phi) is 4.02. The van der Waals surface area contributed by atoms with Gasteiger partial charge in [-0.2, -0.15) is 4.31 Å². The third kappa shape index (κ3) is 2.79. The lowest BCUT2D eigenvalue weighted by molar-refractivity contribution is -0.385. The zero-order chi connectivity index (χ0) is 14.9. The molecule has 0 atom stereocenters. The van der Waals surface area contributed by atoms with Gasteiger partial charge in [0, 0.05) is 24.7 Å². The quantitative estimate of drug-likeness (QED) is 0.621. The molecule has 1 aliphatic rings. The Hall–Kier alpha value is -1.58. The van der Waals surface area contributed by atoms with E-state index in [4.69, 9.17) is 5.11 Å². The van der Waals surface area contributed by atoms with E-state index >= 15 is 0 Å². The van der Waals surface area contributed by atoms with Crippen LogP contribution in [0.25, 0.3) is 0 Å². The van der Waals surface area contributed by atoms with Crippen LogP contribution in [0.3, 0.4) is 0 Å². The van der Waals surface area contributed by atoms with Gasteiger partial charge in [-0.1, -0.05) is 0 Å². The molecule has 1 aromatic rings. The van der Waals surface area contributed by atoms with Crippen molar-refractivity contribution in [2.24, 2.45) is 0 Å². The highest BCUT2D eigenvalue weighted by Gasteiger charge is 2.39. The smallest absolute Gasteiger partial charge is 0.270 e. The van der Waals surface area contributed by atoms with Crippen LogP contribution < -0.4 is 0 Å². The average molecular weight is 304 g/mol. The maximum atomic E-state index is 13.7. The predicted octanol–water partition coefficient (Wildman–Crippen LogP) is 0.879. The molecular formula is C11H13FN2O5S. The maximum Gasteiger partial charge on any atom is 0.270 e. The Morgan fingerprint density at radius 3 is 2.60 bits per heavy atom. The minimum absolute atomic E-state index is 0.158. The number of nitro groups is 1. The molecule has 0 radical (unpaired) electrons. The van der Waals surface area contributed by atoms with Gasteiger partial charge in [-0.15, -0.1) is 0 Å². The van der Waals surface area contributed by atoms with Crippen molar-refractivity contribution in [3.63, 3.8) is 0 Å². The van der Waals surface area contributed by atoms with Crippen molar-refractivity contribution >= 4 is 15.7 Å². The molecule has 1 fully saturated rings. The number of nitrogens with zero attached hydrogens (tertiary/aromatic N) is 2. The number of aliphatic hydroxyl groups excluding tert-OH is 1. The van der Waals surface area contributed by atoms with E-state index in [9.17, 15) is 22.9 Å². The van der Waals surface area contributed by atoms with Crippen LogP contribution >= 0.6 is 0 Å². The SMILES string of the molecule is O=[N+]([O-])c1ccc(F)c(S(=O)(=O)N(CCO)C2CC2)c1. The van der Waals surface area contributed by atoms with E-state index in [2.05, 4.69) is 0 Å². The molecule has 0 aromatic heterocycles. The van der Waals surface area contributed by atoms with Crippen molar-refractivity contribution in [1.29, 1.82) is 0 Å². The summed E-state index contributed by atoms with van der Waals surface area (Å²) in [5, 5.41) is 19.6. The van der Waals surface area contributed by atoms with Crippen LogP contribution in [0.5, 0.6) is 0 Å². The fourth-order valence-electron chi connectivity index (χ4n) is 1.89. The molecule has 1 aromatic carbocycles. The first-order valence-corrected chi connectivity index (χ1v) is 7.38. The molecular weight excluding hydrogens is 291 g/mol. The average Bonchev–Trinajstić information content (AvgIpc) is 3.19. The Morgan fingerprint density at radius 2 is 2.10 bits per heavy atom. The maximum absolute atomic E-state index is 13.7. The predicted molar refractivity (Wildman–Crippen MR) is 67.1 cm³/mol. The number of sulfonamides is 1. The highest BCUT2D eigenvalue weighted by atomic mass is 32.2. The highest BCUT2D eigenvalue weighted by Crippen LogP contribution is 2.33. The number of halogens is 1. The second-order valence-electron chi connectivity index (χ2n) is 4.44. The van der Waals surface area contributed by atoms with Crippen LogP contribution in [0, 0.1) is 15.9 Å². The summed E-state index contributed by atoms with van der Waals surface area (Å²) < 4.78 is 39.4. The van der Waals surface area contributed by atoms with Gasteiger partial charge in [0.05, 0.1) is 11.5 Å². The second-order valence-corrected chi connectivity index (χ2v) is 6.30. The summed E-state index contributed by atoms with van der Waals surface area (Å²) in [4.78, 5) is 9.15. The minimum atomic E-state index is -4.19. The molecule has 110 valence electrons. The van der Waals surface area contributed by atoms with Gasteiger partial charge in [0.25, 0.3) is 5.69 Å². The summed E-state index contributed by atoms with van der Waals surface area (Å²) in [6, 6.07) is 2.10. The zero-order valence-corrected chi connectivity index (χ0v) is 11.2. The largest absolute Gasteiger partial charge is 0.395 e. The summed E-state index contributed by atoms with van der Waals surface area (Å²) in [5.41, 5.74) is -0.496. The van der Waals surface area contributed by atoms with Crippen LogP contribution in [-0.2, 0) is 10.0 Å². The van der Waals surface area contributed by atoms with Gasteiger partial charge >= 0.3 is 0 Å². The van der Waals surface area contributed by atoms with E-state index < -0.39 is 38.0 Å². The van der Waals surface area contributed by atoms with E-state index in [1.165, 1.54) is 0 Å². The summed E-state index contributed by atoms with van der Waals surface area (Å²) in [5.74, 6) is -1.04. The Bertz CT molecular complexity index is 630.